The highest BCUT2D eigenvalue weighted by molar-refractivity contribution is 14.0. The number of hydrogen-bond acceptors (Lipinski definition) is 4. The number of nitrogens with one attached hydrogen (secondary N) is 2. The monoisotopic (exact) mass is 503 g/mol. The van der Waals surface area contributed by atoms with Gasteiger partial charge in [0.2, 0.25) is 0 Å². The highest BCUT2D eigenvalue weighted by Gasteiger charge is 2.59. The van der Waals surface area contributed by atoms with E-state index in [0.717, 1.165) is 63.7 Å². The lowest BCUT2D eigenvalue weighted by Gasteiger charge is -2.61. The number of hydrogen-bond donors (Lipinski definition) is 2. The molecule has 3 atom stereocenters. The number of guanidine groups is 1. The molecule has 3 aliphatic rings. The second kappa shape index (κ2) is 10.3. The summed E-state index contributed by atoms with van der Waals surface area (Å²) in [6, 6.07) is 4.41. The van der Waals surface area contributed by atoms with Crippen LogP contribution in [0.1, 0.15) is 51.2 Å². The largest absolute Gasteiger partial charge is 0.469 e. The van der Waals surface area contributed by atoms with Crippen LogP contribution in [0.15, 0.2) is 27.8 Å². The van der Waals surface area contributed by atoms with E-state index in [0.29, 0.717) is 17.6 Å². The van der Waals surface area contributed by atoms with Gasteiger partial charge in [-0.05, 0) is 51.2 Å². The molecule has 1 saturated heterocycles. The molecule has 0 bridgehead atoms. The molecule has 158 valence electrons. The molecule has 0 radical (unpaired) electrons. The molecule has 0 amide bonds. The van der Waals surface area contributed by atoms with Crippen molar-refractivity contribution in [3.8, 4) is 0 Å². The van der Waals surface area contributed by atoms with E-state index in [1.807, 2.05) is 12.1 Å². The molecule has 2 saturated carbocycles. The molecule has 1 aliphatic heterocycles. The highest BCUT2D eigenvalue weighted by atomic mass is 127. The number of ether oxygens (including phenoxy) is 2. The van der Waals surface area contributed by atoms with E-state index < -0.39 is 0 Å². The summed E-state index contributed by atoms with van der Waals surface area (Å²) >= 11 is 0. The van der Waals surface area contributed by atoms with Gasteiger partial charge in [0.1, 0.15) is 5.76 Å². The van der Waals surface area contributed by atoms with E-state index in [4.69, 9.17) is 18.9 Å². The predicted octanol–water partition coefficient (Wildman–Crippen LogP) is 3.50. The number of nitrogens with zero attached hydrogens (tertiary/aromatic N) is 1. The van der Waals surface area contributed by atoms with Gasteiger partial charge in [0.05, 0.1) is 25.0 Å². The van der Waals surface area contributed by atoms with Crippen LogP contribution in [0.3, 0.4) is 0 Å². The Hall–Kier alpha value is -0.800. The van der Waals surface area contributed by atoms with Crippen molar-refractivity contribution in [3.63, 3.8) is 0 Å². The van der Waals surface area contributed by atoms with Gasteiger partial charge in [0, 0.05) is 37.6 Å². The number of furan rings is 1. The van der Waals surface area contributed by atoms with Crippen LogP contribution < -0.4 is 10.6 Å². The van der Waals surface area contributed by atoms with E-state index in [-0.39, 0.29) is 30.1 Å². The van der Waals surface area contributed by atoms with Crippen LogP contribution in [0.4, 0.5) is 0 Å². The molecule has 1 aromatic rings. The summed E-state index contributed by atoms with van der Waals surface area (Å²) in [7, 11) is 0. The van der Waals surface area contributed by atoms with E-state index in [1.54, 1.807) is 6.26 Å². The summed E-state index contributed by atoms with van der Waals surface area (Å²) in [5, 5.41) is 7.21. The van der Waals surface area contributed by atoms with Crippen LogP contribution in [0.25, 0.3) is 0 Å². The van der Waals surface area contributed by atoms with Crippen molar-refractivity contribution in [2.75, 3.05) is 26.3 Å². The Bertz CT molecular complexity index is 612. The van der Waals surface area contributed by atoms with Crippen LogP contribution in [-0.2, 0) is 15.9 Å². The molecule has 7 heteroatoms. The minimum Gasteiger partial charge on any atom is -0.469 e. The Morgan fingerprint density at radius 3 is 2.89 bits per heavy atom. The lowest BCUT2D eigenvalue weighted by Crippen LogP contribution is -2.68. The van der Waals surface area contributed by atoms with E-state index in [2.05, 4.69) is 17.6 Å². The van der Waals surface area contributed by atoms with Crippen molar-refractivity contribution < 1.29 is 13.9 Å². The maximum atomic E-state index is 5.99. The van der Waals surface area contributed by atoms with Crippen molar-refractivity contribution in [2.45, 2.75) is 70.1 Å². The summed E-state index contributed by atoms with van der Waals surface area (Å²) < 4.78 is 17.2. The standard InChI is InChI=1S/C21H33N3O3.HI/c1-2-25-19-14-18(21(19)9-5-10-21)24-20(23-15-17-7-4-13-27-17)22-11-8-16-6-3-12-26-16;/h3,6,12,17-19H,2,4-5,7-11,13-15H2,1H3,(H2,22,23,24);1H. The quantitative estimate of drug-likeness (QED) is 0.323. The molecule has 6 nitrogen and oxygen atoms in total. The van der Waals surface area contributed by atoms with Crippen molar-refractivity contribution in [1.82, 2.24) is 10.6 Å². The van der Waals surface area contributed by atoms with Gasteiger partial charge in [-0.1, -0.05) is 6.42 Å². The van der Waals surface area contributed by atoms with Gasteiger partial charge in [-0.2, -0.15) is 0 Å². The van der Waals surface area contributed by atoms with Crippen LogP contribution in [0, 0.1) is 5.41 Å². The van der Waals surface area contributed by atoms with E-state index in [1.165, 1.54) is 19.3 Å². The first-order valence-corrected chi connectivity index (χ1v) is 10.6. The van der Waals surface area contributed by atoms with E-state index in [9.17, 15) is 0 Å². The van der Waals surface area contributed by atoms with Crippen molar-refractivity contribution in [1.29, 1.82) is 0 Å². The molecule has 1 spiro atoms. The van der Waals surface area contributed by atoms with Gasteiger partial charge in [-0.15, -0.1) is 24.0 Å². The second-order valence-corrected chi connectivity index (χ2v) is 8.04. The molecule has 2 aliphatic carbocycles. The third-order valence-corrected chi connectivity index (χ3v) is 6.47. The summed E-state index contributed by atoms with van der Waals surface area (Å²) in [6.07, 6.45) is 10.4. The van der Waals surface area contributed by atoms with Gasteiger partial charge in [0.25, 0.3) is 0 Å². The topological polar surface area (TPSA) is 68.0 Å². The van der Waals surface area contributed by atoms with Gasteiger partial charge in [-0.25, -0.2) is 0 Å². The lowest BCUT2D eigenvalue weighted by molar-refractivity contribution is -0.168. The third-order valence-electron chi connectivity index (χ3n) is 6.47. The highest BCUT2D eigenvalue weighted by Crippen LogP contribution is 2.57. The van der Waals surface area contributed by atoms with Gasteiger partial charge in [0.15, 0.2) is 5.96 Å². The van der Waals surface area contributed by atoms with Gasteiger partial charge >= 0.3 is 0 Å². The van der Waals surface area contributed by atoms with Crippen LogP contribution in [-0.4, -0.2) is 50.5 Å². The molecule has 1 aromatic heterocycles. The van der Waals surface area contributed by atoms with Crippen molar-refractivity contribution >= 4 is 29.9 Å². The Morgan fingerprint density at radius 2 is 2.25 bits per heavy atom. The van der Waals surface area contributed by atoms with Gasteiger partial charge in [-0.3, -0.25) is 4.99 Å². The normalized spacial score (nSPS) is 28.3. The minimum absolute atomic E-state index is 0. The Balaban J connectivity index is 0.00000225. The predicted molar refractivity (Wildman–Crippen MR) is 120 cm³/mol. The lowest BCUT2D eigenvalue weighted by atomic mass is 9.51. The molecule has 4 rings (SSSR count). The van der Waals surface area contributed by atoms with Crippen LogP contribution in [0.5, 0.6) is 0 Å². The molecule has 2 heterocycles. The molecule has 3 fully saturated rings. The molecule has 28 heavy (non-hydrogen) atoms. The van der Waals surface area contributed by atoms with Crippen molar-refractivity contribution in [3.05, 3.63) is 24.2 Å². The fourth-order valence-electron chi connectivity index (χ4n) is 4.70. The first kappa shape index (κ1) is 21.9. The molecule has 3 unspecified atom stereocenters. The average molecular weight is 503 g/mol. The zero-order chi connectivity index (χ0) is 18.5. The molecular weight excluding hydrogens is 469 g/mol. The summed E-state index contributed by atoms with van der Waals surface area (Å²) in [5.74, 6) is 1.90. The molecule has 0 aromatic carbocycles. The number of halogens is 1. The Kier molecular flexibility index (Phi) is 8.05. The zero-order valence-corrected chi connectivity index (χ0v) is 19.2. The first-order chi connectivity index (χ1) is 13.3. The minimum atomic E-state index is 0. The average Bonchev–Trinajstić information content (AvgIpc) is 3.30. The van der Waals surface area contributed by atoms with E-state index >= 15 is 0 Å². The fraction of sp³-hybridized carbons (Fsp3) is 0.762. The number of rotatable bonds is 8. The summed E-state index contributed by atoms with van der Waals surface area (Å²) in [6.45, 7) is 5.30. The first-order valence-electron chi connectivity index (χ1n) is 10.6. The smallest absolute Gasteiger partial charge is 0.191 e. The summed E-state index contributed by atoms with van der Waals surface area (Å²) in [5.41, 5.74) is 0.323. The number of aliphatic imine (C=N–C) groups is 1. The maximum Gasteiger partial charge on any atom is 0.191 e. The zero-order valence-electron chi connectivity index (χ0n) is 16.8. The second-order valence-electron chi connectivity index (χ2n) is 8.04. The maximum absolute atomic E-state index is 5.99. The van der Waals surface area contributed by atoms with Crippen LogP contribution >= 0.6 is 24.0 Å². The summed E-state index contributed by atoms with van der Waals surface area (Å²) in [4.78, 5) is 4.84. The van der Waals surface area contributed by atoms with Gasteiger partial charge < -0.3 is 24.5 Å². The third kappa shape index (κ3) is 4.84. The molecular formula is C21H34IN3O3. The van der Waals surface area contributed by atoms with Crippen molar-refractivity contribution in [2.24, 2.45) is 10.4 Å². The fourth-order valence-corrected chi connectivity index (χ4v) is 4.70. The Morgan fingerprint density at radius 1 is 1.36 bits per heavy atom. The van der Waals surface area contributed by atoms with Crippen LogP contribution in [0.2, 0.25) is 0 Å². The SMILES string of the molecule is CCOC1CC(NC(=NCC2CCCO2)NCCc2ccco2)C12CCC2.I. The Labute approximate surface area is 185 Å². The molecule has 2 N–H and O–H groups in total.